The van der Waals surface area contributed by atoms with E-state index in [1.807, 2.05) is 24.3 Å². The maximum Gasteiger partial charge on any atom is 0.416 e. The molecule has 1 heterocycles. The highest BCUT2D eigenvalue weighted by molar-refractivity contribution is 6.30. The first-order valence-corrected chi connectivity index (χ1v) is 9.14. The molecule has 7 heteroatoms. The number of hydrogen-bond donors (Lipinski definition) is 0. The fraction of sp³-hybridized carbons (Fsp3) is 0.350. The minimum atomic E-state index is -4.38. The summed E-state index contributed by atoms with van der Waals surface area (Å²) >= 11 is 5.91. The second kappa shape index (κ2) is 8.31. The van der Waals surface area contributed by atoms with Crippen molar-refractivity contribution in [2.45, 2.75) is 12.6 Å². The first-order valence-electron chi connectivity index (χ1n) is 8.76. The number of rotatable bonds is 5. The largest absolute Gasteiger partial charge is 0.416 e. The number of benzene rings is 2. The standard InChI is InChI=1S/C20H20ClF3N2O/c21-17-5-7-18(8-6-17)26-13-11-25(12-14-26)10-9-19(27)15-1-3-16(4-2-15)20(22,23)24/h1-8H,9-14H2. The van der Waals surface area contributed by atoms with Crippen LogP contribution in [0.4, 0.5) is 18.9 Å². The third kappa shape index (κ3) is 5.23. The Hall–Kier alpha value is -2.05. The molecule has 3 nitrogen and oxygen atoms in total. The lowest BCUT2D eigenvalue weighted by Gasteiger charge is -2.36. The summed E-state index contributed by atoms with van der Waals surface area (Å²) in [6.07, 6.45) is -4.09. The van der Waals surface area contributed by atoms with E-state index in [9.17, 15) is 18.0 Å². The van der Waals surface area contributed by atoms with E-state index >= 15 is 0 Å². The molecule has 0 aliphatic carbocycles. The van der Waals surface area contributed by atoms with Crippen LogP contribution in [0.2, 0.25) is 5.02 Å². The van der Waals surface area contributed by atoms with E-state index in [1.165, 1.54) is 12.1 Å². The molecule has 2 aromatic rings. The molecule has 3 rings (SSSR count). The van der Waals surface area contributed by atoms with Crippen LogP contribution in [0.25, 0.3) is 0 Å². The summed E-state index contributed by atoms with van der Waals surface area (Å²) in [4.78, 5) is 16.7. The van der Waals surface area contributed by atoms with Crippen molar-refractivity contribution in [1.82, 2.24) is 4.90 Å². The highest BCUT2D eigenvalue weighted by Crippen LogP contribution is 2.29. The zero-order chi connectivity index (χ0) is 19.4. The maximum atomic E-state index is 12.6. The zero-order valence-electron chi connectivity index (χ0n) is 14.7. The number of carbonyl (C=O) groups excluding carboxylic acids is 1. The molecular formula is C20H20ClF3N2O. The van der Waals surface area contributed by atoms with Crippen LogP contribution >= 0.6 is 11.6 Å². The number of halogens is 4. The van der Waals surface area contributed by atoms with Gasteiger partial charge >= 0.3 is 6.18 Å². The quantitative estimate of drug-likeness (QED) is 0.681. The molecule has 0 aromatic heterocycles. The fourth-order valence-corrected chi connectivity index (χ4v) is 3.26. The topological polar surface area (TPSA) is 23.6 Å². The smallest absolute Gasteiger partial charge is 0.369 e. The molecule has 0 N–H and O–H groups in total. The molecule has 1 saturated heterocycles. The van der Waals surface area contributed by atoms with Gasteiger partial charge in [0, 0.05) is 55.4 Å². The number of anilines is 1. The highest BCUT2D eigenvalue weighted by Gasteiger charge is 2.30. The van der Waals surface area contributed by atoms with Gasteiger partial charge in [0.25, 0.3) is 0 Å². The lowest BCUT2D eigenvalue weighted by molar-refractivity contribution is -0.137. The van der Waals surface area contributed by atoms with E-state index in [1.54, 1.807) is 0 Å². The lowest BCUT2D eigenvalue weighted by Crippen LogP contribution is -2.46. The summed E-state index contributed by atoms with van der Waals surface area (Å²) in [5.41, 5.74) is 0.708. The number of hydrogen-bond acceptors (Lipinski definition) is 3. The Morgan fingerprint density at radius 2 is 1.52 bits per heavy atom. The molecule has 27 heavy (non-hydrogen) atoms. The van der Waals surface area contributed by atoms with Gasteiger partial charge in [-0.1, -0.05) is 23.7 Å². The van der Waals surface area contributed by atoms with Gasteiger partial charge in [-0.25, -0.2) is 0 Å². The van der Waals surface area contributed by atoms with Gasteiger partial charge in [0.15, 0.2) is 5.78 Å². The number of ketones is 1. The summed E-state index contributed by atoms with van der Waals surface area (Å²) in [7, 11) is 0. The van der Waals surface area contributed by atoms with Crippen LogP contribution in [-0.2, 0) is 6.18 Å². The predicted molar refractivity (Wildman–Crippen MR) is 100 cm³/mol. The average Bonchev–Trinajstić information content (AvgIpc) is 2.66. The SMILES string of the molecule is O=C(CCN1CCN(c2ccc(Cl)cc2)CC1)c1ccc(C(F)(F)F)cc1. The molecule has 0 radical (unpaired) electrons. The van der Waals surface area contributed by atoms with E-state index in [-0.39, 0.29) is 5.78 Å². The van der Waals surface area contributed by atoms with Gasteiger partial charge in [0.1, 0.15) is 0 Å². The second-order valence-corrected chi connectivity index (χ2v) is 6.99. The number of nitrogens with zero attached hydrogens (tertiary/aromatic N) is 2. The molecule has 0 bridgehead atoms. The zero-order valence-corrected chi connectivity index (χ0v) is 15.4. The van der Waals surface area contributed by atoms with E-state index in [4.69, 9.17) is 11.6 Å². The first-order chi connectivity index (χ1) is 12.8. The Bertz CT molecular complexity index is 767. The van der Waals surface area contributed by atoms with Gasteiger partial charge in [-0.15, -0.1) is 0 Å². The molecule has 0 saturated carbocycles. The van der Waals surface area contributed by atoms with Crippen molar-refractivity contribution in [3.63, 3.8) is 0 Å². The summed E-state index contributed by atoms with van der Waals surface area (Å²) in [6, 6.07) is 12.1. The summed E-state index contributed by atoms with van der Waals surface area (Å²) in [5, 5.41) is 0.708. The van der Waals surface area contributed by atoms with Gasteiger partial charge in [0.05, 0.1) is 5.56 Å². The van der Waals surface area contributed by atoms with Crippen molar-refractivity contribution in [1.29, 1.82) is 0 Å². The van der Waals surface area contributed by atoms with Crippen molar-refractivity contribution in [2.24, 2.45) is 0 Å². The summed E-state index contributed by atoms with van der Waals surface area (Å²) < 4.78 is 37.8. The molecule has 2 aromatic carbocycles. The monoisotopic (exact) mass is 396 g/mol. The van der Waals surface area contributed by atoms with Gasteiger partial charge in [-0.3, -0.25) is 9.69 Å². The number of piperazine rings is 1. The van der Waals surface area contributed by atoms with Gasteiger partial charge < -0.3 is 4.90 Å². The maximum absolute atomic E-state index is 12.6. The molecule has 0 atom stereocenters. The van der Waals surface area contributed by atoms with E-state index in [0.29, 0.717) is 23.6 Å². The van der Waals surface area contributed by atoms with E-state index in [2.05, 4.69) is 9.80 Å². The molecule has 0 unspecified atom stereocenters. The normalized spacial score (nSPS) is 15.8. The summed E-state index contributed by atoms with van der Waals surface area (Å²) in [6.45, 7) is 3.99. The van der Waals surface area contributed by atoms with Crippen LogP contribution < -0.4 is 4.90 Å². The van der Waals surface area contributed by atoms with Crippen LogP contribution in [0.15, 0.2) is 48.5 Å². The Morgan fingerprint density at radius 1 is 0.926 bits per heavy atom. The molecule has 1 fully saturated rings. The average molecular weight is 397 g/mol. The van der Waals surface area contributed by atoms with Crippen LogP contribution in [0.5, 0.6) is 0 Å². The van der Waals surface area contributed by atoms with E-state index < -0.39 is 11.7 Å². The van der Waals surface area contributed by atoms with Gasteiger partial charge in [-0.05, 0) is 36.4 Å². The van der Waals surface area contributed by atoms with Gasteiger partial charge in [-0.2, -0.15) is 13.2 Å². The first kappa shape index (κ1) is 19.7. The van der Waals surface area contributed by atoms with Crippen molar-refractivity contribution >= 4 is 23.1 Å². The number of carbonyl (C=O) groups is 1. The predicted octanol–water partition coefficient (Wildman–Crippen LogP) is 4.75. The minimum Gasteiger partial charge on any atom is -0.369 e. The third-order valence-electron chi connectivity index (χ3n) is 4.75. The highest BCUT2D eigenvalue weighted by atomic mass is 35.5. The molecular weight excluding hydrogens is 377 g/mol. The Balaban J connectivity index is 1.47. The molecule has 144 valence electrons. The Kier molecular flexibility index (Phi) is 6.07. The number of Topliss-reactive ketones (excluding diaryl/α,β-unsaturated/α-hetero) is 1. The molecule has 0 amide bonds. The van der Waals surface area contributed by atoms with Crippen LogP contribution in [0.3, 0.4) is 0 Å². The molecule has 1 aliphatic rings. The Morgan fingerprint density at radius 3 is 2.07 bits per heavy atom. The van der Waals surface area contributed by atoms with Crippen LogP contribution in [-0.4, -0.2) is 43.4 Å². The third-order valence-corrected chi connectivity index (χ3v) is 5.01. The second-order valence-electron chi connectivity index (χ2n) is 6.55. The molecule has 1 aliphatic heterocycles. The van der Waals surface area contributed by atoms with Crippen molar-refractivity contribution in [3.05, 3.63) is 64.7 Å². The van der Waals surface area contributed by atoms with Crippen LogP contribution in [0.1, 0.15) is 22.3 Å². The van der Waals surface area contributed by atoms with E-state index in [0.717, 1.165) is 44.0 Å². The van der Waals surface area contributed by atoms with Crippen molar-refractivity contribution in [2.75, 3.05) is 37.6 Å². The summed E-state index contributed by atoms with van der Waals surface area (Å²) in [5.74, 6) is -0.135. The fourth-order valence-electron chi connectivity index (χ4n) is 3.13. The van der Waals surface area contributed by atoms with Crippen molar-refractivity contribution < 1.29 is 18.0 Å². The Labute approximate surface area is 161 Å². The van der Waals surface area contributed by atoms with Crippen LogP contribution in [0, 0.1) is 0 Å². The van der Waals surface area contributed by atoms with Crippen molar-refractivity contribution in [3.8, 4) is 0 Å². The lowest BCUT2D eigenvalue weighted by atomic mass is 10.1. The number of alkyl halides is 3. The minimum absolute atomic E-state index is 0.135. The van der Waals surface area contributed by atoms with Gasteiger partial charge in [0.2, 0.25) is 0 Å². The molecule has 0 spiro atoms.